The van der Waals surface area contributed by atoms with Gasteiger partial charge in [0.25, 0.3) is 0 Å². The Kier molecular flexibility index (Phi) is 4.03. The number of hydrogen-bond donors (Lipinski definition) is 0. The molecule has 0 amide bonds. The van der Waals surface area contributed by atoms with Gasteiger partial charge in [-0.15, -0.1) is 0 Å². The third kappa shape index (κ3) is 3.21. The van der Waals surface area contributed by atoms with Crippen molar-refractivity contribution in [3.63, 3.8) is 0 Å². The van der Waals surface area contributed by atoms with Crippen molar-refractivity contribution in [1.29, 1.82) is 0 Å². The van der Waals surface area contributed by atoms with Crippen molar-refractivity contribution in [2.45, 2.75) is 31.1 Å². The van der Waals surface area contributed by atoms with Gasteiger partial charge in [0.2, 0.25) is 0 Å². The molecule has 0 aromatic carbocycles. The summed E-state index contributed by atoms with van der Waals surface area (Å²) in [4.78, 5) is 5.40. The SMILES string of the molecule is CCC1CCCN(Sc2cccnc2)C1. The highest BCUT2D eigenvalue weighted by Gasteiger charge is 2.18. The molecule has 1 saturated heterocycles. The van der Waals surface area contributed by atoms with Gasteiger partial charge in [-0.25, -0.2) is 4.31 Å². The maximum atomic E-state index is 4.14. The van der Waals surface area contributed by atoms with Crippen LogP contribution in [0.4, 0.5) is 0 Å². The number of hydrogen-bond acceptors (Lipinski definition) is 3. The van der Waals surface area contributed by atoms with Crippen LogP contribution in [0.3, 0.4) is 0 Å². The summed E-state index contributed by atoms with van der Waals surface area (Å²) in [6.07, 6.45) is 7.83. The Balaban J connectivity index is 1.89. The molecule has 0 spiro atoms. The van der Waals surface area contributed by atoms with E-state index in [0.717, 1.165) is 5.92 Å². The molecule has 82 valence electrons. The van der Waals surface area contributed by atoms with E-state index in [-0.39, 0.29) is 0 Å². The standard InChI is InChI=1S/C12H18N2S/c1-2-11-5-4-8-14(10-11)15-12-6-3-7-13-9-12/h3,6-7,9,11H,2,4-5,8,10H2,1H3. The summed E-state index contributed by atoms with van der Waals surface area (Å²) in [5, 5.41) is 0. The summed E-state index contributed by atoms with van der Waals surface area (Å²) in [5.74, 6) is 0.892. The molecule has 15 heavy (non-hydrogen) atoms. The molecule has 2 heterocycles. The normalized spacial score (nSPS) is 22.9. The fraction of sp³-hybridized carbons (Fsp3) is 0.583. The van der Waals surface area contributed by atoms with E-state index in [1.165, 1.54) is 37.2 Å². The predicted molar refractivity (Wildman–Crippen MR) is 64.7 cm³/mol. The largest absolute Gasteiger partial charge is 0.264 e. The van der Waals surface area contributed by atoms with Crippen molar-refractivity contribution in [3.8, 4) is 0 Å². The molecule has 1 aromatic rings. The second-order valence-electron chi connectivity index (χ2n) is 4.08. The Morgan fingerprint density at radius 1 is 1.60 bits per heavy atom. The molecular formula is C12H18N2S. The summed E-state index contributed by atoms with van der Waals surface area (Å²) < 4.78 is 2.48. The van der Waals surface area contributed by atoms with E-state index in [9.17, 15) is 0 Å². The van der Waals surface area contributed by atoms with Crippen LogP contribution < -0.4 is 0 Å². The minimum atomic E-state index is 0.892. The van der Waals surface area contributed by atoms with Gasteiger partial charge in [0.15, 0.2) is 0 Å². The average molecular weight is 222 g/mol. The van der Waals surface area contributed by atoms with Crippen LogP contribution in [-0.4, -0.2) is 22.4 Å². The Labute approximate surface area is 96.2 Å². The van der Waals surface area contributed by atoms with Gasteiger partial charge in [-0.05, 0) is 42.8 Å². The van der Waals surface area contributed by atoms with Crippen LogP contribution in [0.1, 0.15) is 26.2 Å². The highest BCUT2D eigenvalue weighted by atomic mass is 32.2. The fourth-order valence-electron chi connectivity index (χ4n) is 1.99. The van der Waals surface area contributed by atoms with E-state index in [4.69, 9.17) is 0 Å². The van der Waals surface area contributed by atoms with E-state index >= 15 is 0 Å². The molecule has 1 aliphatic heterocycles. The number of aromatic nitrogens is 1. The Hall–Kier alpha value is -0.540. The molecule has 1 fully saturated rings. The second-order valence-corrected chi connectivity index (χ2v) is 5.25. The maximum Gasteiger partial charge on any atom is 0.0417 e. The molecule has 2 nitrogen and oxygen atoms in total. The quantitative estimate of drug-likeness (QED) is 0.731. The molecule has 2 rings (SSSR count). The van der Waals surface area contributed by atoms with E-state index < -0.39 is 0 Å². The Morgan fingerprint density at radius 3 is 3.27 bits per heavy atom. The van der Waals surface area contributed by atoms with Crippen LogP contribution in [0.25, 0.3) is 0 Å². The molecule has 3 heteroatoms. The first-order valence-electron chi connectivity index (χ1n) is 5.71. The van der Waals surface area contributed by atoms with Crippen LogP contribution in [0.2, 0.25) is 0 Å². The lowest BCUT2D eigenvalue weighted by Crippen LogP contribution is -2.29. The van der Waals surface area contributed by atoms with Gasteiger partial charge in [-0.2, -0.15) is 0 Å². The van der Waals surface area contributed by atoms with Gasteiger partial charge >= 0.3 is 0 Å². The molecular weight excluding hydrogens is 204 g/mol. The minimum absolute atomic E-state index is 0.892. The van der Waals surface area contributed by atoms with E-state index in [2.05, 4.69) is 22.3 Å². The molecule has 0 aliphatic carbocycles. The maximum absolute atomic E-state index is 4.14. The minimum Gasteiger partial charge on any atom is -0.264 e. The summed E-state index contributed by atoms with van der Waals surface area (Å²) in [6, 6.07) is 4.14. The van der Waals surface area contributed by atoms with E-state index in [0.29, 0.717) is 0 Å². The van der Waals surface area contributed by atoms with Gasteiger partial charge in [0.1, 0.15) is 0 Å². The first-order valence-corrected chi connectivity index (χ1v) is 6.48. The smallest absolute Gasteiger partial charge is 0.0417 e. The van der Waals surface area contributed by atoms with Crippen molar-refractivity contribution in [2.24, 2.45) is 5.92 Å². The van der Waals surface area contributed by atoms with Crippen LogP contribution in [-0.2, 0) is 0 Å². The number of nitrogens with zero attached hydrogens (tertiary/aromatic N) is 2. The molecule has 0 saturated carbocycles. The third-order valence-corrected chi connectivity index (χ3v) is 3.97. The van der Waals surface area contributed by atoms with E-state index in [1.807, 2.05) is 30.4 Å². The molecule has 1 aromatic heterocycles. The van der Waals surface area contributed by atoms with Gasteiger partial charge in [-0.3, -0.25) is 4.98 Å². The number of pyridine rings is 1. The Morgan fingerprint density at radius 2 is 2.53 bits per heavy atom. The van der Waals surface area contributed by atoms with Gasteiger partial charge < -0.3 is 0 Å². The second kappa shape index (κ2) is 5.52. The van der Waals surface area contributed by atoms with Gasteiger partial charge in [0.05, 0.1) is 0 Å². The molecule has 0 N–H and O–H groups in total. The highest BCUT2D eigenvalue weighted by Crippen LogP contribution is 2.28. The van der Waals surface area contributed by atoms with Crippen molar-refractivity contribution in [2.75, 3.05) is 13.1 Å². The number of rotatable bonds is 3. The topological polar surface area (TPSA) is 16.1 Å². The molecule has 1 atom stereocenters. The third-order valence-electron chi connectivity index (χ3n) is 2.93. The van der Waals surface area contributed by atoms with Crippen molar-refractivity contribution in [3.05, 3.63) is 24.5 Å². The average Bonchev–Trinajstić information content (AvgIpc) is 2.31. The van der Waals surface area contributed by atoms with Gasteiger partial charge in [-0.1, -0.05) is 13.3 Å². The monoisotopic (exact) mass is 222 g/mol. The highest BCUT2D eigenvalue weighted by molar-refractivity contribution is 7.97. The zero-order chi connectivity index (χ0) is 10.5. The summed E-state index contributed by atoms with van der Waals surface area (Å²) in [6.45, 7) is 4.75. The number of piperidine rings is 1. The molecule has 1 unspecified atom stereocenters. The van der Waals surface area contributed by atoms with Crippen molar-refractivity contribution in [1.82, 2.24) is 9.29 Å². The lowest BCUT2D eigenvalue weighted by atomic mass is 9.97. The zero-order valence-corrected chi connectivity index (χ0v) is 10.0. The zero-order valence-electron chi connectivity index (χ0n) is 9.22. The lowest BCUT2D eigenvalue weighted by molar-refractivity contribution is 0.279. The Bertz CT molecular complexity index is 289. The van der Waals surface area contributed by atoms with E-state index in [1.54, 1.807) is 0 Å². The fourth-order valence-corrected chi connectivity index (χ4v) is 3.04. The van der Waals surface area contributed by atoms with Crippen LogP contribution in [0.15, 0.2) is 29.4 Å². The lowest BCUT2D eigenvalue weighted by Gasteiger charge is -2.30. The summed E-state index contributed by atoms with van der Waals surface area (Å²) in [5.41, 5.74) is 0. The molecule has 1 aliphatic rings. The van der Waals surface area contributed by atoms with Crippen molar-refractivity contribution < 1.29 is 0 Å². The van der Waals surface area contributed by atoms with Crippen molar-refractivity contribution >= 4 is 11.9 Å². The first-order chi connectivity index (χ1) is 7.38. The summed E-state index contributed by atoms with van der Waals surface area (Å²) >= 11 is 1.85. The summed E-state index contributed by atoms with van der Waals surface area (Å²) in [7, 11) is 0. The van der Waals surface area contributed by atoms with Crippen LogP contribution in [0, 0.1) is 5.92 Å². The predicted octanol–water partition coefficient (Wildman–Crippen LogP) is 3.21. The molecule has 0 bridgehead atoms. The van der Waals surface area contributed by atoms with Crippen LogP contribution >= 0.6 is 11.9 Å². The van der Waals surface area contributed by atoms with Gasteiger partial charge in [0, 0.05) is 30.4 Å². The molecule has 0 radical (unpaired) electrons. The first kappa shape index (κ1) is 11.0. The van der Waals surface area contributed by atoms with Crippen LogP contribution in [0.5, 0.6) is 0 Å².